The second-order valence-electron chi connectivity index (χ2n) is 1.29. The van der Waals surface area contributed by atoms with Crippen LogP contribution in [0.1, 0.15) is 5.56 Å². The fraction of sp³-hybridized carbons (Fsp3) is 0.200. The number of hydrogen-bond donors (Lipinski definition) is 1. The van der Waals surface area contributed by atoms with E-state index in [0.717, 1.165) is 5.56 Å². The number of hydrogen-bond acceptors (Lipinski definition) is 0. The van der Waals surface area contributed by atoms with Crippen LogP contribution >= 0.6 is 0 Å². The average Bonchev–Trinajstić information content (AvgIpc) is 1.86. The van der Waals surface area contributed by atoms with Crippen LogP contribution < -0.4 is 34.0 Å². The number of rotatable bonds is 0. The second-order valence-corrected chi connectivity index (χ2v) is 1.29. The van der Waals surface area contributed by atoms with Crippen molar-refractivity contribution in [3.63, 3.8) is 0 Å². The van der Waals surface area contributed by atoms with E-state index >= 15 is 0 Å². The zero-order valence-corrected chi connectivity index (χ0v) is 10.3. The summed E-state index contributed by atoms with van der Waals surface area (Å²) in [5.74, 6) is 0. The van der Waals surface area contributed by atoms with Gasteiger partial charge in [0.1, 0.15) is 0 Å². The summed E-state index contributed by atoms with van der Waals surface area (Å²) in [5, 5.41) is 0. The maximum atomic E-state index is 2.88. The van der Waals surface area contributed by atoms with Crippen molar-refractivity contribution >= 4 is 0 Å². The molecule has 9 heavy (non-hydrogen) atoms. The number of nitrogens with one attached hydrogen (secondary N) is 1. The van der Waals surface area contributed by atoms with Gasteiger partial charge in [0.15, 0.2) is 0 Å². The van der Waals surface area contributed by atoms with E-state index in [1.807, 2.05) is 19.2 Å². The Balaban J connectivity index is -0.000000120. The molecule has 0 aromatic carbocycles. The number of H-pyrrole nitrogens is 1. The van der Waals surface area contributed by atoms with Crippen molar-refractivity contribution in [3.05, 3.63) is 24.0 Å². The van der Waals surface area contributed by atoms with E-state index in [-0.39, 0.29) is 54.1 Å². The van der Waals surface area contributed by atoms with E-state index in [1.54, 1.807) is 0 Å². The summed E-state index contributed by atoms with van der Waals surface area (Å²) < 4.78 is 0. The minimum absolute atomic E-state index is 0. The standard InChI is InChI=1S/C5H6N.2BrH.Ir/c1-5-2-3-6-4-5;;;/h2-3,6H,1H3;2*1H;/q-1;;;+3/p-2. The van der Waals surface area contributed by atoms with Crippen molar-refractivity contribution in [3.8, 4) is 0 Å². The Morgan fingerprint density at radius 2 is 2.00 bits per heavy atom. The number of aryl methyl sites for hydroxylation is 1. The minimum Gasteiger partial charge on any atom is -1.00 e. The molecule has 0 saturated heterocycles. The summed E-state index contributed by atoms with van der Waals surface area (Å²) in [4.78, 5) is 2.80. The minimum atomic E-state index is 0. The molecule has 1 rings (SSSR count). The van der Waals surface area contributed by atoms with Gasteiger partial charge < -0.3 is 38.9 Å². The summed E-state index contributed by atoms with van der Waals surface area (Å²) in [6, 6.07) is 1.97. The van der Waals surface area contributed by atoms with Crippen LogP contribution in [0.3, 0.4) is 0 Å². The Hall–Kier alpha value is 0.889. The molecule has 4 heteroatoms. The fourth-order valence-electron chi connectivity index (χ4n) is 0.364. The third-order valence-electron chi connectivity index (χ3n) is 0.686. The first-order valence-corrected chi connectivity index (χ1v) is 1.91. The summed E-state index contributed by atoms with van der Waals surface area (Å²) in [5.41, 5.74) is 1.16. The molecule has 0 fully saturated rings. The summed E-state index contributed by atoms with van der Waals surface area (Å²) in [7, 11) is 0. The molecule has 1 aromatic heterocycles. The summed E-state index contributed by atoms with van der Waals surface area (Å²) in [6.45, 7) is 2.00. The first-order valence-electron chi connectivity index (χ1n) is 1.91. The van der Waals surface area contributed by atoms with Crippen LogP contribution in [0.5, 0.6) is 0 Å². The van der Waals surface area contributed by atoms with Gasteiger partial charge in [-0.15, -0.1) is 6.20 Å². The first-order chi connectivity index (χ1) is 2.89. The Morgan fingerprint density at radius 1 is 1.44 bits per heavy atom. The van der Waals surface area contributed by atoms with E-state index in [9.17, 15) is 0 Å². The SMILES string of the molecule is Cc1[c-][nH]cc1.[Br-].[Br-].[Ir+3]. The molecule has 0 atom stereocenters. The molecule has 1 nitrogen and oxygen atoms in total. The van der Waals surface area contributed by atoms with E-state index in [1.165, 1.54) is 0 Å². The average molecular weight is 432 g/mol. The van der Waals surface area contributed by atoms with Gasteiger partial charge in [0.05, 0.1) is 0 Å². The van der Waals surface area contributed by atoms with Crippen molar-refractivity contribution in [2.75, 3.05) is 0 Å². The Labute approximate surface area is 89.5 Å². The molecule has 1 N–H and O–H groups in total. The fourth-order valence-corrected chi connectivity index (χ4v) is 0.364. The zero-order chi connectivity index (χ0) is 4.41. The molecule has 0 unspecified atom stereocenters. The topological polar surface area (TPSA) is 15.8 Å². The second kappa shape index (κ2) is 8.89. The van der Waals surface area contributed by atoms with E-state index in [4.69, 9.17) is 0 Å². The molecule has 1 aromatic rings. The van der Waals surface area contributed by atoms with Crippen molar-refractivity contribution in [2.24, 2.45) is 0 Å². The maximum Gasteiger partial charge on any atom is 3.00 e. The van der Waals surface area contributed by atoms with Crippen LogP contribution in [0.15, 0.2) is 12.3 Å². The third-order valence-corrected chi connectivity index (χ3v) is 0.686. The molecule has 0 aliphatic carbocycles. The Kier molecular flexibility index (Phi) is 16.3. The molecule has 0 spiro atoms. The molecule has 0 saturated carbocycles. The predicted octanol–water partition coefficient (Wildman–Crippen LogP) is -4.87. The number of aromatic amines is 1. The van der Waals surface area contributed by atoms with Gasteiger partial charge in [-0.25, -0.2) is 0 Å². The Morgan fingerprint density at radius 3 is 2.11 bits per heavy atom. The molecule has 0 bridgehead atoms. The third kappa shape index (κ3) is 6.78. The van der Waals surface area contributed by atoms with Crippen LogP contribution in [-0.2, 0) is 20.1 Å². The first kappa shape index (κ1) is 16.5. The van der Waals surface area contributed by atoms with Crippen molar-refractivity contribution in [1.29, 1.82) is 0 Å². The smallest absolute Gasteiger partial charge is 1.00 e. The molecule has 54 valence electrons. The van der Waals surface area contributed by atoms with E-state index < -0.39 is 0 Å². The quantitative estimate of drug-likeness (QED) is 0.396. The molecular weight excluding hydrogens is 426 g/mol. The van der Waals surface area contributed by atoms with Crippen molar-refractivity contribution < 1.29 is 54.1 Å². The van der Waals surface area contributed by atoms with Gasteiger partial charge in [-0.2, -0.15) is 17.8 Å². The van der Waals surface area contributed by atoms with Crippen LogP contribution in [0.2, 0.25) is 0 Å². The number of aromatic nitrogens is 1. The van der Waals surface area contributed by atoms with Crippen LogP contribution in [0.25, 0.3) is 0 Å². The van der Waals surface area contributed by atoms with Gasteiger partial charge in [-0.3, -0.25) is 0 Å². The zero-order valence-electron chi connectivity index (χ0n) is 4.74. The largest absolute Gasteiger partial charge is 3.00 e. The van der Waals surface area contributed by atoms with Crippen molar-refractivity contribution in [1.82, 2.24) is 4.98 Å². The molecule has 1 heterocycles. The molecular formula is C5H6Br2IrN. The monoisotopic (exact) mass is 431 g/mol. The predicted molar refractivity (Wildman–Crippen MR) is 24.4 cm³/mol. The van der Waals surface area contributed by atoms with Gasteiger partial charge in [-0.05, 0) is 0 Å². The van der Waals surface area contributed by atoms with Crippen molar-refractivity contribution in [2.45, 2.75) is 6.92 Å². The van der Waals surface area contributed by atoms with Gasteiger partial charge in [0.2, 0.25) is 0 Å². The normalized spacial score (nSPS) is 5.89. The van der Waals surface area contributed by atoms with E-state index in [2.05, 4.69) is 11.2 Å². The van der Waals surface area contributed by atoms with Crippen LogP contribution in [-0.4, -0.2) is 4.98 Å². The molecule has 0 aliphatic heterocycles. The van der Waals surface area contributed by atoms with E-state index in [0.29, 0.717) is 0 Å². The van der Waals surface area contributed by atoms with Gasteiger partial charge in [0.25, 0.3) is 0 Å². The number of halogens is 2. The summed E-state index contributed by atoms with van der Waals surface area (Å²) in [6.07, 6.45) is 4.73. The van der Waals surface area contributed by atoms with Crippen LogP contribution in [0.4, 0.5) is 0 Å². The summed E-state index contributed by atoms with van der Waals surface area (Å²) >= 11 is 0. The molecule has 0 aliphatic rings. The Bertz CT molecular complexity index is 119. The van der Waals surface area contributed by atoms with Gasteiger partial charge in [-0.1, -0.05) is 6.92 Å². The molecule has 0 radical (unpaired) electrons. The van der Waals surface area contributed by atoms with Gasteiger partial charge >= 0.3 is 20.1 Å². The molecule has 0 amide bonds. The maximum absolute atomic E-state index is 2.88. The van der Waals surface area contributed by atoms with Gasteiger partial charge in [0, 0.05) is 0 Å². The van der Waals surface area contributed by atoms with Crippen LogP contribution in [0, 0.1) is 13.1 Å².